The Bertz CT molecular complexity index is 1680. The molecule has 1 aromatic heterocycles. The highest BCUT2D eigenvalue weighted by Gasteiger charge is 2.20. The van der Waals surface area contributed by atoms with E-state index in [9.17, 15) is 14.7 Å². The van der Waals surface area contributed by atoms with E-state index in [4.69, 9.17) is 30.8 Å². The fourth-order valence-corrected chi connectivity index (χ4v) is 4.52. The Hall–Kier alpha value is -4.37. The summed E-state index contributed by atoms with van der Waals surface area (Å²) in [5.74, 6) is 0.466. The second-order valence-corrected chi connectivity index (χ2v) is 9.92. The molecule has 0 saturated carbocycles. The van der Waals surface area contributed by atoms with E-state index >= 15 is 0 Å². The van der Waals surface area contributed by atoms with Gasteiger partial charge in [0.15, 0.2) is 23.4 Å². The van der Waals surface area contributed by atoms with Crippen molar-refractivity contribution in [1.82, 2.24) is 9.66 Å². The Morgan fingerprint density at radius 2 is 1.77 bits per heavy atom. The summed E-state index contributed by atoms with van der Waals surface area (Å²) in [5, 5.41) is 14.3. The van der Waals surface area contributed by atoms with E-state index in [0.29, 0.717) is 22.3 Å². The van der Waals surface area contributed by atoms with Crippen molar-refractivity contribution in [3.8, 4) is 28.6 Å². The van der Waals surface area contributed by atoms with Crippen molar-refractivity contribution in [3.05, 3.63) is 80.6 Å². The molecule has 10 heteroatoms. The van der Waals surface area contributed by atoms with Crippen LogP contribution in [-0.4, -0.2) is 47.3 Å². The smallest absolute Gasteiger partial charge is 0.344 e. The third-order valence-corrected chi connectivity index (χ3v) is 6.69. The van der Waals surface area contributed by atoms with Gasteiger partial charge in [0.1, 0.15) is 5.75 Å². The van der Waals surface area contributed by atoms with Crippen molar-refractivity contribution in [2.75, 3.05) is 14.2 Å². The molecule has 0 radical (unpaired) electrons. The van der Waals surface area contributed by atoms with E-state index in [2.05, 4.69) is 18.9 Å². The van der Waals surface area contributed by atoms with Crippen molar-refractivity contribution in [3.63, 3.8) is 0 Å². The van der Waals surface area contributed by atoms with Gasteiger partial charge in [-0.2, -0.15) is 9.78 Å². The van der Waals surface area contributed by atoms with E-state index in [1.54, 1.807) is 37.4 Å². The minimum absolute atomic E-state index is 0.0940. The van der Waals surface area contributed by atoms with Gasteiger partial charge < -0.3 is 19.3 Å². The molecule has 3 aromatic carbocycles. The van der Waals surface area contributed by atoms with E-state index in [1.807, 2.05) is 25.1 Å². The molecule has 0 fully saturated rings. The molecule has 40 heavy (non-hydrogen) atoms. The molecule has 1 atom stereocenters. The molecule has 0 unspecified atom stereocenters. The first-order chi connectivity index (χ1) is 19.0. The summed E-state index contributed by atoms with van der Waals surface area (Å²) in [5.41, 5.74) is 3.29. The van der Waals surface area contributed by atoms with Crippen molar-refractivity contribution in [2.45, 2.75) is 39.7 Å². The van der Waals surface area contributed by atoms with Crippen molar-refractivity contribution >= 4 is 34.7 Å². The lowest BCUT2D eigenvalue weighted by molar-refractivity contribution is -0.144. The maximum absolute atomic E-state index is 13.7. The fraction of sp³-hybridized carbons (Fsp3) is 0.267. The van der Waals surface area contributed by atoms with Crippen molar-refractivity contribution < 1.29 is 24.1 Å². The van der Waals surface area contributed by atoms with Gasteiger partial charge in [0.05, 0.1) is 36.4 Å². The maximum atomic E-state index is 13.7. The first-order valence-corrected chi connectivity index (χ1v) is 13.0. The highest BCUT2D eigenvalue weighted by molar-refractivity contribution is 6.32. The second kappa shape index (κ2) is 11.8. The predicted molar refractivity (Wildman–Crippen MR) is 156 cm³/mol. The van der Waals surface area contributed by atoms with Crippen LogP contribution in [0.5, 0.6) is 17.2 Å². The second-order valence-electron chi connectivity index (χ2n) is 9.51. The number of halogens is 1. The summed E-state index contributed by atoms with van der Waals surface area (Å²) >= 11 is 6.42. The third kappa shape index (κ3) is 5.65. The topological polar surface area (TPSA) is 112 Å². The Morgan fingerprint density at radius 3 is 2.42 bits per heavy atom. The number of benzene rings is 3. The number of methoxy groups -OCH3 is 2. The Morgan fingerprint density at radius 1 is 1.07 bits per heavy atom. The zero-order chi connectivity index (χ0) is 29.1. The lowest BCUT2D eigenvalue weighted by Gasteiger charge is -2.17. The number of hydrogen-bond donors (Lipinski definition) is 1. The number of carbonyl (C=O) groups is 1. The number of para-hydroxylation sites is 1. The quantitative estimate of drug-likeness (QED) is 0.252. The first kappa shape index (κ1) is 28.6. The zero-order valence-corrected chi connectivity index (χ0v) is 23.8. The van der Waals surface area contributed by atoms with Crippen LogP contribution in [0.4, 0.5) is 0 Å². The number of aryl methyl sites for hydroxylation is 1. The van der Waals surface area contributed by atoms with Crippen LogP contribution in [0.25, 0.3) is 22.3 Å². The number of rotatable bonds is 9. The largest absolute Gasteiger partial charge is 0.496 e. The van der Waals surface area contributed by atoms with Crippen LogP contribution in [0.2, 0.25) is 5.02 Å². The van der Waals surface area contributed by atoms with Crippen LogP contribution < -0.4 is 19.8 Å². The molecule has 4 aromatic rings. The molecule has 9 nitrogen and oxygen atoms in total. The van der Waals surface area contributed by atoms with E-state index in [1.165, 1.54) is 24.9 Å². The number of carboxylic acid groups (broad SMARTS) is 1. The molecule has 0 amide bonds. The van der Waals surface area contributed by atoms with Crippen LogP contribution in [0.3, 0.4) is 0 Å². The number of aromatic nitrogens is 2. The molecule has 0 aliphatic carbocycles. The third-order valence-electron chi connectivity index (χ3n) is 6.41. The minimum Gasteiger partial charge on any atom is -0.496 e. The standard InChI is InChI=1S/C30H30ClN3O6/c1-16(2)21-14-22(17(3)11-25(21)38-5)28-33-24-10-8-7-9-20(24)29(35)34(28)32-15-19-12-23(31)27(26(13-19)39-6)40-18(4)30(36)37/h7-16,18H,1-6H3,(H,36,37)/t18-/m1/s1. The Kier molecular flexibility index (Phi) is 8.44. The number of nitrogens with zero attached hydrogens (tertiary/aromatic N) is 3. The summed E-state index contributed by atoms with van der Waals surface area (Å²) in [6, 6.07) is 14.2. The van der Waals surface area contributed by atoms with Crippen LogP contribution >= 0.6 is 11.6 Å². The maximum Gasteiger partial charge on any atom is 0.344 e. The van der Waals surface area contributed by atoms with Crippen LogP contribution in [0, 0.1) is 6.92 Å². The number of fused-ring (bicyclic) bond motifs is 1. The Balaban J connectivity index is 1.90. The molecule has 4 rings (SSSR count). The van der Waals surface area contributed by atoms with Gasteiger partial charge in [-0.25, -0.2) is 9.78 Å². The predicted octanol–water partition coefficient (Wildman–Crippen LogP) is 5.90. The summed E-state index contributed by atoms with van der Waals surface area (Å²) in [7, 11) is 3.05. The molecule has 0 aliphatic heterocycles. The molecule has 0 bridgehead atoms. The lowest BCUT2D eigenvalue weighted by atomic mass is 9.96. The molecular weight excluding hydrogens is 534 g/mol. The van der Waals surface area contributed by atoms with E-state index in [0.717, 1.165) is 22.4 Å². The monoisotopic (exact) mass is 563 g/mol. The fourth-order valence-electron chi connectivity index (χ4n) is 4.25. The molecule has 1 heterocycles. The average Bonchev–Trinajstić information content (AvgIpc) is 2.93. The number of aliphatic carboxylic acids is 1. The highest BCUT2D eigenvalue weighted by atomic mass is 35.5. The van der Waals surface area contributed by atoms with Gasteiger partial charge in [-0.05, 0) is 72.9 Å². The molecule has 0 spiro atoms. The normalized spacial score (nSPS) is 12.2. The molecule has 1 N–H and O–H groups in total. The van der Waals surface area contributed by atoms with Gasteiger partial charge in [0, 0.05) is 5.56 Å². The summed E-state index contributed by atoms with van der Waals surface area (Å²) in [6.07, 6.45) is 0.321. The van der Waals surface area contributed by atoms with Crippen molar-refractivity contribution in [2.24, 2.45) is 5.10 Å². The number of ether oxygens (including phenoxy) is 3. The van der Waals surface area contributed by atoms with Crippen LogP contribution in [0.15, 0.2) is 58.4 Å². The molecular formula is C30H30ClN3O6. The minimum atomic E-state index is -1.14. The molecule has 0 aliphatic rings. The van der Waals surface area contributed by atoms with Gasteiger partial charge in [-0.3, -0.25) is 4.79 Å². The number of hydrogen-bond acceptors (Lipinski definition) is 7. The van der Waals surface area contributed by atoms with Gasteiger partial charge in [0.2, 0.25) is 0 Å². The van der Waals surface area contributed by atoms with Crippen LogP contribution in [0.1, 0.15) is 43.4 Å². The van der Waals surface area contributed by atoms with Crippen molar-refractivity contribution in [1.29, 1.82) is 0 Å². The van der Waals surface area contributed by atoms with E-state index < -0.39 is 12.1 Å². The van der Waals surface area contributed by atoms with E-state index in [-0.39, 0.29) is 28.0 Å². The SMILES string of the molecule is COc1cc(C)c(-c2nc3ccccc3c(=O)n2N=Cc2cc(Cl)c(O[C@H](C)C(=O)O)c(OC)c2)cc1C(C)C. The summed E-state index contributed by atoms with van der Waals surface area (Å²) in [6.45, 7) is 7.45. The lowest BCUT2D eigenvalue weighted by Crippen LogP contribution is -2.23. The van der Waals surface area contributed by atoms with Gasteiger partial charge in [-0.1, -0.05) is 37.6 Å². The average molecular weight is 564 g/mol. The van der Waals surface area contributed by atoms with Gasteiger partial charge >= 0.3 is 5.97 Å². The van der Waals surface area contributed by atoms with Crippen LogP contribution in [-0.2, 0) is 4.79 Å². The highest BCUT2D eigenvalue weighted by Crippen LogP contribution is 2.37. The summed E-state index contributed by atoms with van der Waals surface area (Å²) in [4.78, 5) is 29.8. The van der Waals surface area contributed by atoms with Gasteiger partial charge in [0.25, 0.3) is 5.56 Å². The molecule has 208 valence electrons. The first-order valence-electron chi connectivity index (χ1n) is 12.6. The zero-order valence-electron chi connectivity index (χ0n) is 23.1. The summed E-state index contributed by atoms with van der Waals surface area (Å²) < 4.78 is 17.7. The molecule has 0 saturated heterocycles. The Labute approximate surface area is 236 Å². The van der Waals surface area contributed by atoms with Gasteiger partial charge in [-0.15, -0.1) is 0 Å². The number of carboxylic acids is 1.